The normalized spacial score (nSPS) is 14.7. The number of carbonyl (C=O) groups is 1. The zero-order chi connectivity index (χ0) is 24.7. The highest BCUT2D eigenvalue weighted by Crippen LogP contribution is 2.24. The molecule has 8 nitrogen and oxygen atoms in total. The number of sulfonamides is 1. The van der Waals surface area contributed by atoms with Gasteiger partial charge in [-0.15, -0.1) is 0 Å². The van der Waals surface area contributed by atoms with E-state index in [0.717, 1.165) is 23.4 Å². The number of rotatable bonds is 8. The summed E-state index contributed by atoms with van der Waals surface area (Å²) < 4.78 is 52.0. The van der Waals surface area contributed by atoms with E-state index >= 15 is 0 Å². The number of amides is 1. The highest BCUT2D eigenvalue weighted by Gasteiger charge is 2.29. The van der Waals surface area contributed by atoms with Crippen LogP contribution in [0.25, 0.3) is 6.08 Å². The number of hydrogen-bond donors (Lipinski definition) is 1. The van der Waals surface area contributed by atoms with Gasteiger partial charge in [0.05, 0.1) is 18.9 Å². The van der Waals surface area contributed by atoms with Gasteiger partial charge in [-0.05, 0) is 54.1 Å². The maximum Gasteiger partial charge on any atom is 0.248 e. The molecule has 0 atom stereocenters. The molecule has 0 spiro atoms. The van der Waals surface area contributed by atoms with Gasteiger partial charge in [-0.1, -0.05) is 18.2 Å². The maximum atomic E-state index is 14.3. The average molecular weight is 498 g/mol. The second-order valence-corrected chi connectivity index (χ2v) is 9.57. The van der Waals surface area contributed by atoms with Crippen molar-refractivity contribution in [3.8, 4) is 5.75 Å². The molecule has 0 radical (unpaired) electrons. The molecule has 3 aromatic rings. The Bertz CT molecular complexity index is 1290. The molecular weight excluding hydrogens is 473 g/mol. The van der Waals surface area contributed by atoms with Gasteiger partial charge >= 0.3 is 0 Å². The van der Waals surface area contributed by atoms with Crippen LogP contribution >= 0.6 is 0 Å². The lowest BCUT2D eigenvalue weighted by atomic mass is 10.2. The predicted octanol–water partition coefficient (Wildman–Crippen LogP) is 3.47. The molecule has 2 heterocycles. The monoisotopic (exact) mass is 497 g/mol. The molecule has 0 unspecified atom stereocenters. The molecule has 0 bridgehead atoms. The molecule has 1 aromatic heterocycles. The van der Waals surface area contributed by atoms with Crippen LogP contribution in [0.3, 0.4) is 0 Å². The zero-order valence-electron chi connectivity index (χ0n) is 18.8. The van der Waals surface area contributed by atoms with Gasteiger partial charge in [0.25, 0.3) is 0 Å². The summed E-state index contributed by atoms with van der Waals surface area (Å²) in [6, 6.07) is 16.2. The molecular formula is C25H24FN3O5S. The average Bonchev–Trinajstić information content (AvgIpc) is 2.89. The third-order valence-electron chi connectivity index (χ3n) is 5.21. The quantitative estimate of drug-likeness (QED) is 0.479. The molecule has 1 fully saturated rings. The second-order valence-electron chi connectivity index (χ2n) is 7.66. The fraction of sp³-hybridized carbons (Fsp3) is 0.200. The van der Waals surface area contributed by atoms with Crippen molar-refractivity contribution < 1.29 is 27.1 Å². The van der Waals surface area contributed by atoms with Crippen LogP contribution in [0, 0.1) is 5.82 Å². The Morgan fingerprint density at radius 2 is 1.89 bits per heavy atom. The van der Waals surface area contributed by atoms with Gasteiger partial charge in [-0.3, -0.25) is 9.78 Å². The van der Waals surface area contributed by atoms with Crippen molar-refractivity contribution in [1.29, 1.82) is 0 Å². The molecule has 182 valence electrons. The number of halogens is 1. The molecule has 1 amide bonds. The Morgan fingerprint density at radius 1 is 1.11 bits per heavy atom. The SMILES string of the molecule is O=C(/C=C/c1ccc(OCc2ccccn2)cc1)Nc1ccc(F)c(S(=O)(=O)N2CCOCC2)c1. The number of nitrogens with one attached hydrogen (secondary N) is 1. The lowest BCUT2D eigenvalue weighted by Gasteiger charge is -2.26. The third-order valence-corrected chi connectivity index (χ3v) is 7.12. The molecule has 4 rings (SSSR count). The van der Waals surface area contributed by atoms with Crippen molar-refractivity contribution in [1.82, 2.24) is 9.29 Å². The molecule has 35 heavy (non-hydrogen) atoms. The largest absolute Gasteiger partial charge is 0.487 e. The smallest absolute Gasteiger partial charge is 0.248 e. The fourth-order valence-electron chi connectivity index (χ4n) is 3.38. The third kappa shape index (κ3) is 6.50. The molecule has 1 N–H and O–H groups in total. The van der Waals surface area contributed by atoms with Crippen molar-refractivity contribution in [3.05, 3.63) is 90.0 Å². The number of aromatic nitrogens is 1. The van der Waals surface area contributed by atoms with E-state index in [1.807, 2.05) is 18.2 Å². The van der Waals surface area contributed by atoms with E-state index in [4.69, 9.17) is 9.47 Å². The molecule has 0 aliphatic carbocycles. The van der Waals surface area contributed by atoms with Crippen molar-refractivity contribution in [2.75, 3.05) is 31.6 Å². The minimum atomic E-state index is -4.04. The van der Waals surface area contributed by atoms with Crippen molar-refractivity contribution in [2.45, 2.75) is 11.5 Å². The number of morpholine rings is 1. The van der Waals surface area contributed by atoms with E-state index in [1.165, 1.54) is 16.4 Å². The van der Waals surface area contributed by atoms with E-state index in [0.29, 0.717) is 12.4 Å². The summed E-state index contributed by atoms with van der Waals surface area (Å²) >= 11 is 0. The van der Waals surface area contributed by atoms with E-state index in [9.17, 15) is 17.6 Å². The Hall–Kier alpha value is -3.60. The Morgan fingerprint density at radius 3 is 2.60 bits per heavy atom. The summed E-state index contributed by atoms with van der Waals surface area (Å²) in [5.74, 6) is -0.699. The van der Waals surface area contributed by atoms with Crippen molar-refractivity contribution in [3.63, 3.8) is 0 Å². The second kappa shape index (κ2) is 11.2. The fourth-order valence-corrected chi connectivity index (χ4v) is 4.87. The van der Waals surface area contributed by atoms with E-state index in [2.05, 4.69) is 10.3 Å². The van der Waals surface area contributed by atoms with Crippen molar-refractivity contribution in [2.24, 2.45) is 0 Å². The minimum Gasteiger partial charge on any atom is -0.487 e. The predicted molar refractivity (Wildman–Crippen MR) is 129 cm³/mol. The van der Waals surface area contributed by atoms with Crippen LogP contribution in [0.15, 0.2) is 77.8 Å². The summed E-state index contributed by atoms with van der Waals surface area (Å²) in [6.45, 7) is 1.14. The van der Waals surface area contributed by atoms with Crippen LogP contribution < -0.4 is 10.1 Å². The van der Waals surface area contributed by atoms with Crippen LogP contribution in [0.1, 0.15) is 11.3 Å². The van der Waals surface area contributed by atoms with Crippen LogP contribution in [0.4, 0.5) is 10.1 Å². The summed E-state index contributed by atoms with van der Waals surface area (Å²) in [5.41, 5.74) is 1.75. The number of anilines is 1. The van der Waals surface area contributed by atoms with Gasteiger partial charge in [0.1, 0.15) is 23.1 Å². The zero-order valence-corrected chi connectivity index (χ0v) is 19.6. The first-order valence-electron chi connectivity index (χ1n) is 10.9. The summed E-state index contributed by atoms with van der Waals surface area (Å²) in [4.78, 5) is 16.1. The topological polar surface area (TPSA) is 97.8 Å². The van der Waals surface area contributed by atoms with Gasteiger partial charge in [-0.25, -0.2) is 12.8 Å². The summed E-state index contributed by atoms with van der Waals surface area (Å²) in [5, 5.41) is 2.57. The Kier molecular flexibility index (Phi) is 7.86. The summed E-state index contributed by atoms with van der Waals surface area (Å²) in [7, 11) is -4.04. The number of benzene rings is 2. The number of ether oxygens (including phenoxy) is 2. The number of hydrogen-bond acceptors (Lipinski definition) is 6. The first-order valence-corrected chi connectivity index (χ1v) is 12.3. The van der Waals surface area contributed by atoms with Gasteiger partial charge < -0.3 is 14.8 Å². The van der Waals surface area contributed by atoms with Gasteiger partial charge in [-0.2, -0.15) is 4.31 Å². The first kappa shape index (κ1) is 24.5. The molecule has 10 heteroatoms. The summed E-state index contributed by atoms with van der Waals surface area (Å²) in [6.07, 6.45) is 4.61. The Balaban J connectivity index is 1.36. The van der Waals surface area contributed by atoms with E-state index in [1.54, 1.807) is 36.5 Å². The van der Waals surface area contributed by atoms with Crippen molar-refractivity contribution >= 4 is 27.7 Å². The maximum absolute atomic E-state index is 14.3. The number of nitrogens with zero attached hydrogens (tertiary/aromatic N) is 2. The van der Waals surface area contributed by atoms with Gasteiger partial charge in [0, 0.05) is 31.0 Å². The lowest BCUT2D eigenvalue weighted by Crippen LogP contribution is -2.40. The number of pyridine rings is 1. The molecule has 0 saturated carbocycles. The van der Waals surface area contributed by atoms with Gasteiger partial charge in [0.2, 0.25) is 15.9 Å². The van der Waals surface area contributed by atoms with Crippen LogP contribution in [-0.4, -0.2) is 49.9 Å². The Labute approximate surface area is 203 Å². The highest BCUT2D eigenvalue weighted by molar-refractivity contribution is 7.89. The van der Waals surface area contributed by atoms with E-state index < -0.39 is 26.6 Å². The van der Waals surface area contributed by atoms with Crippen LogP contribution in [0.5, 0.6) is 5.75 Å². The lowest BCUT2D eigenvalue weighted by molar-refractivity contribution is -0.111. The minimum absolute atomic E-state index is 0.147. The van der Waals surface area contributed by atoms with Crippen LogP contribution in [-0.2, 0) is 26.2 Å². The van der Waals surface area contributed by atoms with Gasteiger partial charge in [0.15, 0.2) is 0 Å². The highest BCUT2D eigenvalue weighted by atomic mass is 32.2. The molecule has 1 aliphatic rings. The standard InChI is InChI=1S/C25H24FN3O5S/c26-23-10-7-20(17-24(23)35(31,32)29-13-15-33-16-14-29)28-25(30)11-6-19-4-8-22(9-5-19)34-18-21-3-1-2-12-27-21/h1-12,17H,13-16,18H2,(H,28,30)/b11-6+. The van der Waals surface area contributed by atoms with E-state index in [-0.39, 0.29) is 32.0 Å². The molecule has 2 aromatic carbocycles. The number of carbonyl (C=O) groups excluding carboxylic acids is 1. The molecule has 1 saturated heterocycles. The molecule has 1 aliphatic heterocycles. The first-order chi connectivity index (χ1) is 16.9. The van der Waals surface area contributed by atoms with Crippen LogP contribution in [0.2, 0.25) is 0 Å².